The molecule has 0 spiro atoms. The molecule has 2 N–H and O–H groups in total. The van der Waals surface area contributed by atoms with Crippen LogP contribution in [0.15, 0.2) is 96.2 Å². The van der Waals surface area contributed by atoms with Crippen molar-refractivity contribution in [2.24, 2.45) is 11.0 Å². The third kappa shape index (κ3) is 3.03. The Bertz CT molecular complexity index is 1140. The summed E-state index contributed by atoms with van der Waals surface area (Å²) in [6.07, 6.45) is 4.39. The molecule has 4 aromatic rings. The van der Waals surface area contributed by atoms with Crippen LogP contribution in [0.4, 0.5) is 0 Å². The van der Waals surface area contributed by atoms with Crippen LogP contribution in [0, 0.1) is 5.92 Å². The molecule has 0 aliphatic heterocycles. The van der Waals surface area contributed by atoms with Gasteiger partial charge in [0, 0.05) is 28.1 Å². The number of benzene rings is 3. The summed E-state index contributed by atoms with van der Waals surface area (Å²) in [5, 5.41) is 5.32. The molecule has 0 saturated heterocycles. The van der Waals surface area contributed by atoms with Crippen LogP contribution in [0.5, 0.6) is 0 Å². The van der Waals surface area contributed by atoms with Gasteiger partial charge in [0.05, 0.1) is 12.1 Å². The number of amides is 1. The highest BCUT2D eigenvalue weighted by atomic mass is 16.2. The number of hydrogen-bond donors (Lipinski definition) is 2. The van der Waals surface area contributed by atoms with Gasteiger partial charge < -0.3 is 4.98 Å². The Morgan fingerprint density at radius 1 is 0.931 bits per heavy atom. The van der Waals surface area contributed by atoms with Crippen molar-refractivity contribution < 1.29 is 4.79 Å². The van der Waals surface area contributed by atoms with Crippen LogP contribution in [-0.4, -0.2) is 17.1 Å². The van der Waals surface area contributed by atoms with Gasteiger partial charge in [-0.3, -0.25) is 4.79 Å². The second kappa shape index (κ2) is 7.06. The normalized spacial score (nSPS) is 17.4. The molecule has 5 rings (SSSR count). The van der Waals surface area contributed by atoms with Gasteiger partial charge in [0.2, 0.25) is 5.91 Å². The molecule has 0 bridgehead atoms. The Balaban J connectivity index is 1.37. The molecular formula is C25H21N3O. The molecule has 3 aromatic carbocycles. The van der Waals surface area contributed by atoms with E-state index in [9.17, 15) is 4.79 Å². The zero-order chi connectivity index (χ0) is 19.7. The van der Waals surface area contributed by atoms with E-state index in [0.717, 1.165) is 22.9 Å². The number of aromatic amines is 1. The zero-order valence-corrected chi connectivity index (χ0v) is 15.9. The summed E-state index contributed by atoms with van der Waals surface area (Å²) in [6.45, 7) is 0. The number of carbonyl (C=O) groups excluding carboxylic acids is 1. The van der Waals surface area contributed by atoms with Crippen LogP contribution in [-0.2, 0) is 10.2 Å². The van der Waals surface area contributed by atoms with Gasteiger partial charge in [-0.05, 0) is 23.6 Å². The Kier molecular flexibility index (Phi) is 4.24. The van der Waals surface area contributed by atoms with Crippen LogP contribution in [0.3, 0.4) is 0 Å². The summed E-state index contributed by atoms with van der Waals surface area (Å²) in [4.78, 5) is 16.1. The molecule has 1 fully saturated rings. The van der Waals surface area contributed by atoms with E-state index in [0.29, 0.717) is 0 Å². The molecule has 1 amide bonds. The molecule has 29 heavy (non-hydrogen) atoms. The summed E-state index contributed by atoms with van der Waals surface area (Å²) in [5.74, 6) is -0.179. The summed E-state index contributed by atoms with van der Waals surface area (Å²) < 4.78 is 0. The molecule has 1 aliphatic carbocycles. The quantitative estimate of drug-likeness (QED) is 0.386. The lowest BCUT2D eigenvalue weighted by molar-refractivity contribution is -0.122. The molecule has 0 radical (unpaired) electrons. The Morgan fingerprint density at radius 3 is 2.24 bits per heavy atom. The first-order chi connectivity index (χ1) is 14.3. The molecule has 1 saturated carbocycles. The Hall–Kier alpha value is -3.66. The number of hydrazone groups is 1. The van der Waals surface area contributed by atoms with Gasteiger partial charge in [-0.2, -0.15) is 5.10 Å². The maximum absolute atomic E-state index is 12.9. The smallest absolute Gasteiger partial charge is 0.244 e. The van der Waals surface area contributed by atoms with Gasteiger partial charge in [-0.1, -0.05) is 78.9 Å². The number of H-pyrrole nitrogens is 1. The lowest BCUT2D eigenvalue weighted by atomic mass is 9.85. The molecule has 1 aliphatic rings. The minimum atomic E-state index is -0.275. The monoisotopic (exact) mass is 379 g/mol. The molecule has 1 aromatic heterocycles. The topological polar surface area (TPSA) is 57.2 Å². The van der Waals surface area contributed by atoms with E-state index < -0.39 is 0 Å². The van der Waals surface area contributed by atoms with Crippen molar-refractivity contribution in [3.8, 4) is 0 Å². The molecule has 142 valence electrons. The SMILES string of the molecule is O=C(NN=Cc1c[nH]c2ccccc12)C1CC1(c1ccccc1)c1ccccc1. The van der Waals surface area contributed by atoms with Crippen LogP contribution in [0.2, 0.25) is 0 Å². The van der Waals surface area contributed by atoms with Gasteiger partial charge in [-0.15, -0.1) is 0 Å². The van der Waals surface area contributed by atoms with E-state index in [4.69, 9.17) is 0 Å². The fourth-order valence-corrected chi connectivity index (χ4v) is 4.30. The number of para-hydroxylation sites is 1. The highest BCUT2D eigenvalue weighted by Crippen LogP contribution is 2.58. The molecule has 4 nitrogen and oxygen atoms in total. The van der Waals surface area contributed by atoms with Crippen molar-refractivity contribution in [2.75, 3.05) is 0 Å². The van der Waals surface area contributed by atoms with E-state index >= 15 is 0 Å². The summed E-state index contributed by atoms with van der Waals surface area (Å²) >= 11 is 0. The third-order valence-corrected chi connectivity index (χ3v) is 5.85. The number of nitrogens with one attached hydrogen (secondary N) is 2. The summed E-state index contributed by atoms with van der Waals surface area (Å²) in [5.41, 5.74) is 6.83. The highest BCUT2D eigenvalue weighted by Gasteiger charge is 2.60. The minimum Gasteiger partial charge on any atom is -0.361 e. The first-order valence-electron chi connectivity index (χ1n) is 9.79. The first kappa shape index (κ1) is 17.4. The number of fused-ring (bicyclic) bond motifs is 1. The molecule has 1 heterocycles. The van der Waals surface area contributed by atoms with Gasteiger partial charge >= 0.3 is 0 Å². The zero-order valence-electron chi connectivity index (χ0n) is 15.9. The molecule has 4 heteroatoms. The van der Waals surface area contributed by atoms with Crippen molar-refractivity contribution in [3.05, 3.63) is 108 Å². The van der Waals surface area contributed by atoms with E-state index in [1.807, 2.05) is 66.9 Å². The maximum atomic E-state index is 12.9. The van der Waals surface area contributed by atoms with Crippen molar-refractivity contribution in [1.82, 2.24) is 10.4 Å². The first-order valence-corrected chi connectivity index (χ1v) is 9.79. The second-order valence-corrected chi connectivity index (χ2v) is 7.48. The van der Waals surface area contributed by atoms with E-state index in [1.54, 1.807) is 6.21 Å². The summed E-state index contributed by atoms with van der Waals surface area (Å²) in [6, 6.07) is 28.6. The predicted octanol–water partition coefficient (Wildman–Crippen LogP) is 4.62. The average molecular weight is 379 g/mol. The standard InChI is InChI=1S/C25H21N3O/c29-24(28-27-17-18-16-26-23-14-8-7-13-21(18)23)22-15-25(22,19-9-3-1-4-10-19)20-11-5-2-6-12-20/h1-14,16-17,22,26H,15H2,(H,28,29). The molecular weight excluding hydrogens is 358 g/mol. The second-order valence-electron chi connectivity index (χ2n) is 7.48. The average Bonchev–Trinajstić information content (AvgIpc) is 3.43. The third-order valence-electron chi connectivity index (χ3n) is 5.85. The molecule has 1 atom stereocenters. The van der Waals surface area contributed by atoms with Gasteiger partial charge in [0.15, 0.2) is 0 Å². The number of carbonyl (C=O) groups is 1. The number of aromatic nitrogens is 1. The van der Waals surface area contributed by atoms with Crippen molar-refractivity contribution in [2.45, 2.75) is 11.8 Å². The van der Waals surface area contributed by atoms with Gasteiger partial charge in [0.1, 0.15) is 0 Å². The number of nitrogens with zero attached hydrogens (tertiary/aromatic N) is 1. The van der Waals surface area contributed by atoms with Crippen LogP contribution >= 0.6 is 0 Å². The van der Waals surface area contributed by atoms with Crippen molar-refractivity contribution in [3.63, 3.8) is 0 Å². The maximum Gasteiger partial charge on any atom is 0.244 e. The lowest BCUT2D eigenvalue weighted by Crippen LogP contribution is -2.25. The predicted molar refractivity (Wildman–Crippen MR) is 116 cm³/mol. The lowest BCUT2D eigenvalue weighted by Gasteiger charge is -2.18. The van der Waals surface area contributed by atoms with Crippen LogP contribution in [0.25, 0.3) is 10.9 Å². The minimum absolute atomic E-state index is 0.0474. The largest absolute Gasteiger partial charge is 0.361 e. The Morgan fingerprint density at radius 2 is 1.55 bits per heavy atom. The molecule has 1 unspecified atom stereocenters. The van der Waals surface area contributed by atoms with Crippen LogP contribution < -0.4 is 5.43 Å². The van der Waals surface area contributed by atoms with Crippen molar-refractivity contribution in [1.29, 1.82) is 0 Å². The van der Waals surface area contributed by atoms with E-state index in [2.05, 4.69) is 39.8 Å². The van der Waals surface area contributed by atoms with Crippen LogP contribution in [0.1, 0.15) is 23.1 Å². The fraction of sp³-hybridized carbons (Fsp3) is 0.120. The van der Waals surface area contributed by atoms with E-state index in [1.165, 1.54) is 11.1 Å². The van der Waals surface area contributed by atoms with Gasteiger partial charge in [0.25, 0.3) is 0 Å². The Labute approximate surface area is 169 Å². The summed E-state index contributed by atoms with van der Waals surface area (Å²) in [7, 11) is 0. The van der Waals surface area contributed by atoms with Crippen molar-refractivity contribution >= 4 is 23.0 Å². The highest BCUT2D eigenvalue weighted by molar-refractivity contribution is 5.99. The van der Waals surface area contributed by atoms with Gasteiger partial charge in [-0.25, -0.2) is 5.43 Å². The number of hydrogen-bond acceptors (Lipinski definition) is 2. The number of rotatable bonds is 5. The van der Waals surface area contributed by atoms with E-state index in [-0.39, 0.29) is 17.2 Å². The fourth-order valence-electron chi connectivity index (χ4n) is 4.30.